The van der Waals surface area contributed by atoms with Gasteiger partial charge in [0.15, 0.2) is 0 Å². The SMILES string of the molecule is COc1cc(OC)c(S(=O)(=O)N2CC[C@H](O)C2)cc1N. The van der Waals surface area contributed by atoms with Gasteiger partial charge in [-0.1, -0.05) is 0 Å². The summed E-state index contributed by atoms with van der Waals surface area (Å²) in [5, 5.41) is 9.49. The van der Waals surface area contributed by atoms with Gasteiger partial charge in [-0.3, -0.25) is 0 Å². The lowest BCUT2D eigenvalue weighted by Gasteiger charge is -2.19. The fourth-order valence-electron chi connectivity index (χ4n) is 2.16. The number of hydrogen-bond donors (Lipinski definition) is 2. The van der Waals surface area contributed by atoms with Crippen LogP contribution in [-0.2, 0) is 10.0 Å². The molecule has 0 bridgehead atoms. The van der Waals surface area contributed by atoms with Gasteiger partial charge in [-0.15, -0.1) is 0 Å². The van der Waals surface area contributed by atoms with Crippen molar-refractivity contribution in [1.82, 2.24) is 4.31 Å². The molecule has 112 valence electrons. The molecule has 0 spiro atoms. The third-order valence-corrected chi connectivity index (χ3v) is 5.15. The van der Waals surface area contributed by atoms with E-state index in [1.54, 1.807) is 0 Å². The Morgan fingerprint density at radius 2 is 1.95 bits per heavy atom. The average Bonchev–Trinajstić information content (AvgIpc) is 2.85. The molecule has 1 saturated heterocycles. The highest BCUT2D eigenvalue weighted by molar-refractivity contribution is 7.89. The normalized spacial score (nSPS) is 20.1. The highest BCUT2D eigenvalue weighted by atomic mass is 32.2. The molecule has 1 heterocycles. The molecule has 1 fully saturated rings. The molecule has 0 saturated carbocycles. The zero-order valence-corrected chi connectivity index (χ0v) is 12.2. The second kappa shape index (κ2) is 5.47. The van der Waals surface area contributed by atoms with E-state index in [0.717, 1.165) is 0 Å². The summed E-state index contributed by atoms with van der Waals surface area (Å²) in [6, 6.07) is 2.76. The third kappa shape index (κ3) is 2.54. The number of rotatable bonds is 4. The molecule has 1 aliphatic rings. The maximum absolute atomic E-state index is 12.6. The number of hydrogen-bond acceptors (Lipinski definition) is 6. The molecule has 3 N–H and O–H groups in total. The van der Waals surface area contributed by atoms with E-state index in [1.807, 2.05) is 0 Å². The summed E-state index contributed by atoms with van der Waals surface area (Å²) in [5.41, 5.74) is 5.98. The number of benzene rings is 1. The van der Waals surface area contributed by atoms with Crippen LogP contribution in [0.3, 0.4) is 0 Å². The highest BCUT2D eigenvalue weighted by Gasteiger charge is 2.34. The molecule has 0 unspecified atom stereocenters. The van der Waals surface area contributed by atoms with Gasteiger partial charge in [0.2, 0.25) is 10.0 Å². The topological polar surface area (TPSA) is 102 Å². The molecule has 1 aromatic rings. The van der Waals surface area contributed by atoms with Crippen LogP contribution in [0.15, 0.2) is 17.0 Å². The number of β-amino-alcohol motifs (C(OH)–C–C–N with tert-alkyl or cyclic N) is 1. The first-order chi connectivity index (χ1) is 9.40. The summed E-state index contributed by atoms with van der Waals surface area (Å²) >= 11 is 0. The number of aliphatic hydroxyl groups excluding tert-OH is 1. The number of nitrogens with two attached hydrogens (primary N) is 1. The minimum Gasteiger partial charge on any atom is -0.495 e. The molecule has 1 aromatic carbocycles. The highest BCUT2D eigenvalue weighted by Crippen LogP contribution is 2.36. The van der Waals surface area contributed by atoms with Crippen molar-refractivity contribution in [2.45, 2.75) is 17.4 Å². The van der Waals surface area contributed by atoms with Crippen molar-refractivity contribution in [1.29, 1.82) is 0 Å². The van der Waals surface area contributed by atoms with E-state index in [4.69, 9.17) is 15.2 Å². The van der Waals surface area contributed by atoms with Gasteiger partial charge < -0.3 is 20.3 Å². The van der Waals surface area contributed by atoms with Crippen LogP contribution in [0.25, 0.3) is 0 Å². The maximum atomic E-state index is 12.6. The number of sulfonamides is 1. The zero-order chi connectivity index (χ0) is 14.9. The second-order valence-corrected chi connectivity index (χ2v) is 6.46. The van der Waals surface area contributed by atoms with Crippen LogP contribution in [0.2, 0.25) is 0 Å². The monoisotopic (exact) mass is 302 g/mol. The van der Waals surface area contributed by atoms with Crippen LogP contribution < -0.4 is 15.2 Å². The second-order valence-electron chi connectivity index (χ2n) is 4.55. The molecule has 0 radical (unpaired) electrons. The van der Waals surface area contributed by atoms with Crippen molar-refractivity contribution >= 4 is 15.7 Å². The lowest BCUT2D eigenvalue weighted by atomic mass is 10.3. The van der Waals surface area contributed by atoms with Gasteiger partial charge in [-0.25, -0.2) is 8.42 Å². The average molecular weight is 302 g/mol. The van der Waals surface area contributed by atoms with Crippen LogP contribution >= 0.6 is 0 Å². The largest absolute Gasteiger partial charge is 0.495 e. The van der Waals surface area contributed by atoms with E-state index in [1.165, 1.54) is 30.7 Å². The van der Waals surface area contributed by atoms with Crippen molar-refractivity contribution in [3.8, 4) is 11.5 Å². The Morgan fingerprint density at radius 3 is 2.45 bits per heavy atom. The van der Waals surface area contributed by atoms with Crippen molar-refractivity contribution in [3.05, 3.63) is 12.1 Å². The van der Waals surface area contributed by atoms with E-state index < -0.39 is 16.1 Å². The predicted octanol–water partition coefficient (Wildman–Crippen LogP) is 0.0413. The number of nitrogen functional groups attached to an aromatic ring is 1. The Kier molecular flexibility index (Phi) is 4.07. The van der Waals surface area contributed by atoms with Gasteiger partial charge in [0, 0.05) is 19.2 Å². The Hall–Kier alpha value is -1.51. The first-order valence-electron chi connectivity index (χ1n) is 6.10. The molecule has 0 amide bonds. The Bertz CT molecular complexity index is 602. The minimum atomic E-state index is -3.75. The maximum Gasteiger partial charge on any atom is 0.246 e. The van der Waals surface area contributed by atoms with Gasteiger partial charge in [0.05, 0.1) is 26.0 Å². The standard InChI is InChI=1S/C12H18N2O5S/c1-18-10-6-11(19-2)12(5-9(10)13)20(16,17)14-4-3-8(15)7-14/h5-6,8,15H,3-4,7,13H2,1-2H3/t8-/m0/s1. The number of aliphatic hydroxyl groups is 1. The zero-order valence-electron chi connectivity index (χ0n) is 11.4. The minimum absolute atomic E-state index is 0.0209. The lowest BCUT2D eigenvalue weighted by molar-refractivity contribution is 0.189. The summed E-state index contributed by atoms with van der Waals surface area (Å²) in [7, 11) is -0.931. The van der Waals surface area contributed by atoms with Crippen molar-refractivity contribution < 1.29 is 23.0 Å². The van der Waals surface area contributed by atoms with Crippen molar-refractivity contribution in [2.24, 2.45) is 0 Å². The first-order valence-corrected chi connectivity index (χ1v) is 7.54. The van der Waals surface area contributed by atoms with E-state index in [9.17, 15) is 13.5 Å². The number of nitrogens with zero attached hydrogens (tertiary/aromatic N) is 1. The Morgan fingerprint density at radius 1 is 1.30 bits per heavy atom. The quantitative estimate of drug-likeness (QED) is 0.761. The third-order valence-electron chi connectivity index (χ3n) is 3.26. The lowest BCUT2D eigenvalue weighted by Crippen LogP contribution is -2.30. The number of ether oxygens (including phenoxy) is 2. The summed E-state index contributed by atoms with van der Waals surface area (Å²) < 4.78 is 36.5. The summed E-state index contributed by atoms with van der Waals surface area (Å²) in [6.45, 7) is 0.357. The van der Waals surface area contributed by atoms with Crippen LogP contribution in [0.1, 0.15) is 6.42 Å². The molecule has 20 heavy (non-hydrogen) atoms. The molecular formula is C12H18N2O5S. The number of methoxy groups -OCH3 is 2. The number of anilines is 1. The summed E-state index contributed by atoms with van der Waals surface area (Å²) in [5.74, 6) is 0.514. The summed E-state index contributed by atoms with van der Waals surface area (Å²) in [6.07, 6.45) is -0.209. The van der Waals surface area contributed by atoms with Gasteiger partial charge in [-0.05, 0) is 12.5 Å². The fraction of sp³-hybridized carbons (Fsp3) is 0.500. The molecule has 7 nitrogen and oxygen atoms in total. The Labute approximate surface area is 117 Å². The van der Waals surface area contributed by atoms with Crippen molar-refractivity contribution in [2.75, 3.05) is 33.0 Å². The Balaban J connectivity index is 2.48. The van der Waals surface area contributed by atoms with Gasteiger partial charge >= 0.3 is 0 Å². The first kappa shape index (κ1) is 14.9. The van der Waals surface area contributed by atoms with Crippen LogP contribution in [0.4, 0.5) is 5.69 Å². The van der Waals surface area contributed by atoms with Gasteiger partial charge in [0.25, 0.3) is 0 Å². The summed E-state index contributed by atoms with van der Waals surface area (Å²) in [4.78, 5) is -0.0209. The van der Waals surface area contributed by atoms with E-state index in [2.05, 4.69) is 0 Å². The fourth-order valence-corrected chi connectivity index (χ4v) is 3.83. The predicted molar refractivity (Wildman–Crippen MR) is 73.3 cm³/mol. The van der Waals surface area contributed by atoms with Gasteiger partial charge in [0.1, 0.15) is 16.4 Å². The molecule has 0 aromatic heterocycles. The molecule has 2 rings (SSSR count). The van der Waals surface area contributed by atoms with Gasteiger partial charge in [-0.2, -0.15) is 4.31 Å². The molecule has 1 atom stereocenters. The van der Waals surface area contributed by atoms with E-state index in [0.29, 0.717) is 12.2 Å². The smallest absolute Gasteiger partial charge is 0.246 e. The van der Waals surface area contributed by atoms with Crippen LogP contribution in [0, 0.1) is 0 Å². The van der Waals surface area contributed by atoms with Crippen molar-refractivity contribution in [3.63, 3.8) is 0 Å². The molecule has 0 aliphatic carbocycles. The van der Waals surface area contributed by atoms with Crippen LogP contribution in [-0.4, -0.2) is 51.2 Å². The molecular weight excluding hydrogens is 284 g/mol. The molecule has 8 heteroatoms. The van der Waals surface area contributed by atoms with E-state index in [-0.39, 0.29) is 29.4 Å². The van der Waals surface area contributed by atoms with Crippen LogP contribution in [0.5, 0.6) is 11.5 Å². The molecule has 1 aliphatic heterocycles. The van der Waals surface area contributed by atoms with E-state index >= 15 is 0 Å².